The Kier molecular flexibility index (Phi) is 5.01. The zero-order chi connectivity index (χ0) is 13.8. The SMILES string of the molecule is CCOC(=O)C(F)(F)c1ccc(SC(F)F)cc1. The normalized spacial score (nSPS) is 11.7. The number of carbonyl (C=O) groups excluding carboxylic acids is 1. The van der Waals surface area contributed by atoms with Crippen LogP contribution in [0.5, 0.6) is 0 Å². The molecule has 18 heavy (non-hydrogen) atoms. The Labute approximate surface area is 105 Å². The van der Waals surface area contributed by atoms with E-state index in [1.165, 1.54) is 6.92 Å². The lowest BCUT2D eigenvalue weighted by atomic mass is 10.1. The van der Waals surface area contributed by atoms with E-state index in [1.807, 2.05) is 0 Å². The van der Waals surface area contributed by atoms with E-state index in [0.29, 0.717) is 0 Å². The zero-order valence-electron chi connectivity index (χ0n) is 9.33. The second kappa shape index (κ2) is 6.08. The summed E-state index contributed by atoms with van der Waals surface area (Å²) < 4.78 is 55.3. The van der Waals surface area contributed by atoms with Crippen molar-refractivity contribution >= 4 is 17.7 Å². The van der Waals surface area contributed by atoms with E-state index in [9.17, 15) is 22.4 Å². The van der Waals surface area contributed by atoms with Gasteiger partial charge in [0.1, 0.15) is 0 Å². The van der Waals surface area contributed by atoms with Crippen LogP contribution in [-0.2, 0) is 15.5 Å². The molecule has 1 aromatic rings. The van der Waals surface area contributed by atoms with Crippen LogP contribution in [0.25, 0.3) is 0 Å². The number of esters is 1. The topological polar surface area (TPSA) is 26.3 Å². The van der Waals surface area contributed by atoms with Crippen LogP contribution in [0.3, 0.4) is 0 Å². The zero-order valence-corrected chi connectivity index (χ0v) is 10.1. The number of benzene rings is 1. The van der Waals surface area contributed by atoms with E-state index in [1.54, 1.807) is 0 Å². The van der Waals surface area contributed by atoms with Gasteiger partial charge in [0.2, 0.25) is 0 Å². The smallest absolute Gasteiger partial charge is 0.381 e. The maximum absolute atomic E-state index is 13.5. The standard InChI is InChI=1S/C11H10F4O2S/c1-2-17-9(16)11(14,15)7-3-5-8(6-4-7)18-10(12)13/h3-6,10H,2H2,1H3. The maximum atomic E-state index is 13.5. The summed E-state index contributed by atoms with van der Waals surface area (Å²) in [7, 11) is 0. The molecular formula is C11H10F4O2S. The van der Waals surface area contributed by atoms with Crippen molar-refractivity contribution in [2.45, 2.75) is 23.5 Å². The molecule has 0 saturated heterocycles. The second-order valence-electron chi connectivity index (χ2n) is 3.20. The summed E-state index contributed by atoms with van der Waals surface area (Å²) in [6.45, 7) is 1.25. The summed E-state index contributed by atoms with van der Waals surface area (Å²) in [5, 5.41) is 0. The van der Waals surface area contributed by atoms with Crippen LogP contribution in [0.4, 0.5) is 17.6 Å². The number of rotatable bonds is 5. The quantitative estimate of drug-likeness (QED) is 0.468. The van der Waals surface area contributed by atoms with Crippen molar-refractivity contribution < 1.29 is 27.1 Å². The van der Waals surface area contributed by atoms with Crippen LogP contribution in [-0.4, -0.2) is 18.3 Å². The highest BCUT2D eigenvalue weighted by molar-refractivity contribution is 7.99. The maximum Gasteiger partial charge on any atom is 0.381 e. The van der Waals surface area contributed by atoms with Crippen LogP contribution in [0.2, 0.25) is 0 Å². The average molecular weight is 282 g/mol. The molecule has 0 aromatic heterocycles. The van der Waals surface area contributed by atoms with Crippen molar-refractivity contribution in [3.05, 3.63) is 29.8 Å². The van der Waals surface area contributed by atoms with Gasteiger partial charge in [-0.05, 0) is 19.1 Å². The summed E-state index contributed by atoms with van der Waals surface area (Å²) in [6.07, 6.45) is 0. The first kappa shape index (κ1) is 14.8. The van der Waals surface area contributed by atoms with Gasteiger partial charge in [0, 0.05) is 10.5 Å². The predicted octanol–water partition coefficient (Wildman–Crippen LogP) is 3.66. The van der Waals surface area contributed by atoms with E-state index in [4.69, 9.17) is 0 Å². The van der Waals surface area contributed by atoms with Crippen LogP contribution in [0, 0.1) is 0 Å². The van der Waals surface area contributed by atoms with Gasteiger partial charge in [-0.2, -0.15) is 17.6 Å². The Morgan fingerprint density at radius 2 is 1.89 bits per heavy atom. The van der Waals surface area contributed by atoms with Gasteiger partial charge in [0.05, 0.1) is 6.61 Å². The molecule has 0 fully saturated rings. The number of halogens is 4. The Morgan fingerprint density at radius 1 is 1.33 bits per heavy atom. The molecule has 0 heterocycles. The van der Waals surface area contributed by atoms with Gasteiger partial charge in [0.25, 0.3) is 5.76 Å². The van der Waals surface area contributed by atoms with Gasteiger partial charge in [-0.25, -0.2) is 4.79 Å². The molecule has 1 aromatic carbocycles. The molecule has 0 atom stereocenters. The third-order valence-corrected chi connectivity index (χ3v) is 2.70. The minimum absolute atomic E-state index is 0.147. The number of hydrogen-bond acceptors (Lipinski definition) is 3. The van der Waals surface area contributed by atoms with Crippen molar-refractivity contribution in [2.75, 3.05) is 6.61 Å². The Bertz CT molecular complexity index is 406. The molecule has 0 unspecified atom stereocenters. The molecule has 0 aliphatic heterocycles. The highest BCUT2D eigenvalue weighted by Gasteiger charge is 2.42. The van der Waals surface area contributed by atoms with E-state index in [0.717, 1.165) is 24.3 Å². The second-order valence-corrected chi connectivity index (χ2v) is 4.26. The number of ether oxygens (including phenoxy) is 1. The summed E-state index contributed by atoms with van der Waals surface area (Å²) in [6, 6.07) is 4.09. The first-order chi connectivity index (χ1) is 8.37. The molecule has 0 amide bonds. The molecule has 2 nitrogen and oxygen atoms in total. The van der Waals surface area contributed by atoms with E-state index < -0.39 is 23.2 Å². The van der Waals surface area contributed by atoms with E-state index in [-0.39, 0.29) is 23.3 Å². The molecule has 0 radical (unpaired) electrons. The van der Waals surface area contributed by atoms with Crippen molar-refractivity contribution in [3.8, 4) is 0 Å². The molecule has 0 N–H and O–H groups in total. The predicted molar refractivity (Wildman–Crippen MR) is 58.8 cm³/mol. The highest BCUT2D eigenvalue weighted by Crippen LogP contribution is 2.32. The molecule has 100 valence electrons. The van der Waals surface area contributed by atoms with Gasteiger partial charge >= 0.3 is 11.9 Å². The fourth-order valence-corrected chi connectivity index (χ4v) is 1.68. The monoisotopic (exact) mass is 282 g/mol. The molecule has 0 saturated carbocycles. The first-order valence-electron chi connectivity index (χ1n) is 4.98. The number of alkyl halides is 4. The lowest BCUT2D eigenvalue weighted by Gasteiger charge is -2.15. The van der Waals surface area contributed by atoms with Crippen molar-refractivity contribution in [3.63, 3.8) is 0 Å². The first-order valence-corrected chi connectivity index (χ1v) is 5.86. The molecule has 0 aliphatic rings. The van der Waals surface area contributed by atoms with Crippen LogP contribution >= 0.6 is 11.8 Å². The van der Waals surface area contributed by atoms with Crippen molar-refractivity contribution in [1.82, 2.24) is 0 Å². The number of thioether (sulfide) groups is 1. The molecule has 1 rings (SSSR count). The minimum atomic E-state index is -3.77. The lowest BCUT2D eigenvalue weighted by molar-refractivity contribution is -0.173. The number of carbonyl (C=O) groups is 1. The summed E-state index contributed by atoms with van der Waals surface area (Å²) in [4.78, 5) is 11.2. The Morgan fingerprint density at radius 3 is 2.33 bits per heavy atom. The third kappa shape index (κ3) is 3.63. The lowest BCUT2D eigenvalue weighted by Crippen LogP contribution is -2.28. The summed E-state index contributed by atoms with van der Waals surface area (Å²) in [5.41, 5.74) is -0.584. The van der Waals surface area contributed by atoms with Crippen molar-refractivity contribution in [2.24, 2.45) is 0 Å². The average Bonchev–Trinajstić information content (AvgIpc) is 2.29. The summed E-state index contributed by atoms with van der Waals surface area (Å²) in [5.74, 6) is -8.05. The van der Waals surface area contributed by atoms with Gasteiger partial charge in [-0.3, -0.25) is 0 Å². The molecule has 0 spiro atoms. The van der Waals surface area contributed by atoms with E-state index >= 15 is 0 Å². The minimum Gasteiger partial charge on any atom is -0.461 e. The van der Waals surface area contributed by atoms with E-state index in [2.05, 4.69) is 4.74 Å². The van der Waals surface area contributed by atoms with Crippen LogP contribution in [0.1, 0.15) is 12.5 Å². The van der Waals surface area contributed by atoms with Gasteiger partial charge in [-0.15, -0.1) is 0 Å². The van der Waals surface area contributed by atoms with Crippen molar-refractivity contribution in [1.29, 1.82) is 0 Å². The largest absolute Gasteiger partial charge is 0.461 e. The molecule has 0 bridgehead atoms. The molecule has 0 aliphatic carbocycles. The number of hydrogen-bond donors (Lipinski definition) is 0. The van der Waals surface area contributed by atoms with Gasteiger partial charge in [-0.1, -0.05) is 23.9 Å². The fraction of sp³-hybridized carbons (Fsp3) is 0.364. The Hall–Kier alpha value is -1.24. The van der Waals surface area contributed by atoms with Gasteiger partial charge in [0.15, 0.2) is 0 Å². The fourth-order valence-electron chi connectivity index (χ4n) is 1.19. The van der Waals surface area contributed by atoms with Gasteiger partial charge < -0.3 is 4.74 Å². The highest BCUT2D eigenvalue weighted by atomic mass is 32.2. The van der Waals surface area contributed by atoms with Crippen LogP contribution < -0.4 is 0 Å². The molecular weight excluding hydrogens is 272 g/mol. The molecule has 7 heteroatoms. The summed E-state index contributed by atoms with van der Waals surface area (Å²) >= 11 is 0.242. The Balaban J connectivity index is 2.86. The third-order valence-electron chi connectivity index (χ3n) is 1.97. The van der Waals surface area contributed by atoms with Crippen LogP contribution in [0.15, 0.2) is 29.2 Å².